The van der Waals surface area contributed by atoms with Gasteiger partial charge in [-0.15, -0.1) is 11.8 Å². The zero-order chi connectivity index (χ0) is 17.7. The van der Waals surface area contributed by atoms with Crippen LogP contribution in [0.1, 0.15) is 29.0 Å². The fraction of sp³-hybridized carbons (Fsp3) is 0.294. The average molecular weight is 411 g/mol. The van der Waals surface area contributed by atoms with Gasteiger partial charge in [0, 0.05) is 10.7 Å². The van der Waals surface area contributed by atoms with Crippen LogP contribution in [0.3, 0.4) is 0 Å². The molecule has 0 aliphatic carbocycles. The Morgan fingerprint density at radius 3 is 2.54 bits per heavy atom. The smallest absolute Gasteiger partial charge is 0.259 e. The molecule has 0 saturated carbocycles. The first kappa shape index (κ1) is 18.6. The Hall–Kier alpha value is -1.73. The first-order valence-electron chi connectivity index (χ1n) is 7.23. The lowest BCUT2D eigenvalue weighted by molar-refractivity contribution is 0.0932. The van der Waals surface area contributed by atoms with E-state index < -0.39 is 0 Å². The molecule has 128 valence electrons. The van der Waals surface area contributed by atoms with Gasteiger partial charge < -0.3 is 14.8 Å². The molecule has 0 saturated heterocycles. The number of nitrogens with zero attached hydrogens (tertiary/aromatic N) is 1. The van der Waals surface area contributed by atoms with Gasteiger partial charge >= 0.3 is 0 Å². The number of aromatic nitrogens is 1. The van der Waals surface area contributed by atoms with Crippen molar-refractivity contribution in [3.8, 4) is 11.5 Å². The number of carbonyl (C=O) groups excluding carboxylic acids is 1. The van der Waals surface area contributed by atoms with E-state index in [4.69, 9.17) is 9.47 Å². The van der Waals surface area contributed by atoms with E-state index in [1.54, 1.807) is 19.4 Å². The van der Waals surface area contributed by atoms with Crippen LogP contribution in [-0.2, 0) is 0 Å². The molecule has 0 aliphatic heterocycles. The molecule has 0 bridgehead atoms. The number of carbonyl (C=O) groups is 1. The van der Waals surface area contributed by atoms with Gasteiger partial charge in [0.25, 0.3) is 5.91 Å². The summed E-state index contributed by atoms with van der Waals surface area (Å²) in [5, 5.41) is 2.95. The summed E-state index contributed by atoms with van der Waals surface area (Å²) >= 11 is 4.86. The van der Waals surface area contributed by atoms with E-state index in [2.05, 4.69) is 26.2 Å². The van der Waals surface area contributed by atoms with Crippen LogP contribution in [0, 0.1) is 0 Å². The largest absolute Gasteiger partial charge is 0.496 e. The minimum absolute atomic E-state index is 0.252. The summed E-state index contributed by atoms with van der Waals surface area (Å²) in [4.78, 5) is 18.0. The molecule has 0 radical (unpaired) electrons. The van der Waals surface area contributed by atoms with Crippen molar-refractivity contribution in [3.63, 3.8) is 0 Å². The third-order valence-electron chi connectivity index (χ3n) is 3.50. The van der Waals surface area contributed by atoms with Gasteiger partial charge in [0.15, 0.2) is 0 Å². The second-order valence-electron chi connectivity index (χ2n) is 4.97. The molecular formula is C17H19BrN2O3S. The fourth-order valence-electron chi connectivity index (χ4n) is 2.28. The van der Waals surface area contributed by atoms with Gasteiger partial charge in [-0.2, -0.15) is 0 Å². The SMILES string of the molecule is COc1ccc(SC)c(OC)c1C(=O)NC(C)c1ccc(Br)cn1. The van der Waals surface area contributed by atoms with Gasteiger partial charge in [0.1, 0.15) is 17.1 Å². The molecule has 24 heavy (non-hydrogen) atoms. The maximum atomic E-state index is 12.8. The molecule has 1 N–H and O–H groups in total. The molecule has 1 amide bonds. The average Bonchev–Trinajstić information content (AvgIpc) is 2.60. The number of ether oxygens (including phenoxy) is 2. The number of amides is 1. The lowest BCUT2D eigenvalue weighted by Gasteiger charge is -2.18. The number of hydrogen-bond donors (Lipinski definition) is 1. The molecule has 2 rings (SSSR count). The maximum Gasteiger partial charge on any atom is 0.259 e. The van der Waals surface area contributed by atoms with Gasteiger partial charge in [-0.25, -0.2) is 0 Å². The lowest BCUT2D eigenvalue weighted by atomic mass is 10.1. The number of halogens is 1. The van der Waals surface area contributed by atoms with Gasteiger partial charge in [-0.1, -0.05) is 0 Å². The standard InChI is InChI=1S/C17H19BrN2O3S/c1-10(12-6-5-11(18)9-19-12)20-17(21)15-13(22-2)7-8-14(24-4)16(15)23-3/h5-10H,1-4H3,(H,20,21). The number of nitrogens with one attached hydrogen (secondary N) is 1. The Balaban J connectivity index is 2.33. The molecule has 5 nitrogen and oxygen atoms in total. The van der Waals surface area contributed by atoms with Crippen LogP contribution in [0.15, 0.2) is 39.8 Å². The van der Waals surface area contributed by atoms with Crippen molar-refractivity contribution in [3.05, 3.63) is 46.2 Å². The molecular weight excluding hydrogens is 392 g/mol. The molecule has 1 heterocycles. The maximum absolute atomic E-state index is 12.8. The van der Waals surface area contributed by atoms with Gasteiger partial charge in [-0.05, 0) is 53.4 Å². The van der Waals surface area contributed by atoms with Crippen LogP contribution in [0.5, 0.6) is 11.5 Å². The molecule has 2 aromatic rings. The number of thioether (sulfide) groups is 1. The van der Waals surface area contributed by atoms with E-state index in [1.165, 1.54) is 18.9 Å². The highest BCUT2D eigenvalue weighted by atomic mass is 79.9. The van der Waals surface area contributed by atoms with Crippen LogP contribution in [0.25, 0.3) is 0 Å². The quantitative estimate of drug-likeness (QED) is 0.727. The third kappa shape index (κ3) is 4.02. The van der Waals surface area contributed by atoms with Crippen LogP contribution >= 0.6 is 27.7 Å². The highest BCUT2D eigenvalue weighted by Crippen LogP contribution is 2.37. The minimum atomic E-state index is -0.267. The summed E-state index contributed by atoms with van der Waals surface area (Å²) in [6, 6.07) is 7.14. The van der Waals surface area contributed by atoms with Crippen LogP contribution < -0.4 is 14.8 Å². The summed E-state index contributed by atoms with van der Waals surface area (Å²) in [5.41, 5.74) is 1.15. The van der Waals surface area contributed by atoms with E-state index in [0.717, 1.165) is 15.1 Å². The zero-order valence-electron chi connectivity index (χ0n) is 13.9. The summed E-state index contributed by atoms with van der Waals surface area (Å²) in [7, 11) is 3.08. The van der Waals surface area contributed by atoms with Crippen LogP contribution in [0.2, 0.25) is 0 Å². The monoisotopic (exact) mass is 410 g/mol. The summed E-state index contributed by atoms with van der Waals surface area (Å²) < 4.78 is 11.7. The first-order valence-corrected chi connectivity index (χ1v) is 9.24. The second kappa shape index (κ2) is 8.39. The molecule has 0 aliphatic rings. The molecule has 1 aromatic carbocycles. The molecule has 7 heteroatoms. The number of rotatable bonds is 6. The van der Waals surface area contributed by atoms with E-state index in [9.17, 15) is 4.79 Å². The number of methoxy groups -OCH3 is 2. The number of pyridine rings is 1. The molecule has 1 aromatic heterocycles. The zero-order valence-corrected chi connectivity index (χ0v) is 16.3. The first-order chi connectivity index (χ1) is 11.5. The van der Waals surface area contributed by atoms with Crippen molar-refractivity contribution < 1.29 is 14.3 Å². The topological polar surface area (TPSA) is 60.5 Å². The van der Waals surface area contributed by atoms with E-state index in [0.29, 0.717) is 17.1 Å². The van der Waals surface area contributed by atoms with Crippen molar-refractivity contribution in [2.45, 2.75) is 17.9 Å². The molecule has 0 fully saturated rings. The third-order valence-corrected chi connectivity index (χ3v) is 4.73. The highest BCUT2D eigenvalue weighted by Gasteiger charge is 2.23. The Labute approximate surface area is 154 Å². The normalized spacial score (nSPS) is 11.7. The van der Waals surface area contributed by atoms with Crippen molar-refractivity contribution in [1.29, 1.82) is 0 Å². The van der Waals surface area contributed by atoms with E-state index in [-0.39, 0.29) is 11.9 Å². The van der Waals surface area contributed by atoms with E-state index in [1.807, 2.05) is 31.4 Å². The Kier molecular flexibility index (Phi) is 6.51. The Morgan fingerprint density at radius 2 is 2.00 bits per heavy atom. The summed E-state index contributed by atoms with van der Waals surface area (Å²) in [6.45, 7) is 1.88. The van der Waals surface area contributed by atoms with Crippen molar-refractivity contribution >= 4 is 33.6 Å². The van der Waals surface area contributed by atoms with Crippen LogP contribution in [-0.4, -0.2) is 31.4 Å². The Bertz CT molecular complexity index is 723. The fourth-order valence-corrected chi connectivity index (χ4v) is 3.09. The van der Waals surface area contributed by atoms with Crippen LogP contribution in [0.4, 0.5) is 0 Å². The predicted molar refractivity (Wildman–Crippen MR) is 99.1 cm³/mol. The van der Waals surface area contributed by atoms with Crippen molar-refractivity contribution in [1.82, 2.24) is 10.3 Å². The Morgan fingerprint density at radius 1 is 1.25 bits per heavy atom. The number of hydrogen-bond acceptors (Lipinski definition) is 5. The summed E-state index contributed by atoms with van der Waals surface area (Å²) in [5.74, 6) is 0.713. The second-order valence-corrected chi connectivity index (χ2v) is 6.74. The molecule has 1 atom stereocenters. The van der Waals surface area contributed by atoms with Gasteiger partial charge in [-0.3, -0.25) is 9.78 Å². The molecule has 0 spiro atoms. The lowest BCUT2D eigenvalue weighted by Crippen LogP contribution is -2.28. The van der Waals surface area contributed by atoms with E-state index >= 15 is 0 Å². The molecule has 1 unspecified atom stereocenters. The summed E-state index contributed by atoms with van der Waals surface area (Å²) in [6.07, 6.45) is 3.63. The minimum Gasteiger partial charge on any atom is -0.496 e. The van der Waals surface area contributed by atoms with Gasteiger partial charge in [0.05, 0.1) is 30.9 Å². The van der Waals surface area contributed by atoms with Crippen molar-refractivity contribution in [2.75, 3.05) is 20.5 Å². The van der Waals surface area contributed by atoms with Gasteiger partial charge in [0.2, 0.25) is 0 Å². The van der Waals surface area contributed by atoms with Crippen molar-refractivity contribution in [2.24, 2.45) is 0 Å². The number of benzene rings is 1. The predicted octanol–water partition coefficient (Wildman–Crippen LogP) is 4.07. The highest BCUT2D eigenvalue weighted by molar-refractivity contribution is 9.10.